The van der Waals surface area contributed by atoms with E-state index >= 15 is 0 Å². The highest BCUT2D eigenvalue weighted by Crippen LogP contribution is 2.19. The van der Waals surface area contributed by atoms with Crippen LogP contribution in [0, 0.1) is 12.7 Å². The van der Waals surface area contributed by atoms with Gasteiger partial charge in [0.1, 0.15) is 11.6 Å². The molecule has 0 radical (unpaired) electrons. The summed E-state index contributed by atoms with van der Waals surface area (Å²) in [6, 6.07) is 14.3. The van der Waals surface area contributed by atoms with Gasteiger partial charge >= 0.3 is 0 Å². The summed E-state index contributed by atoms with van der Waals surface area (Å²) >= 11 is 0. The third kappa shape index (κ3) is 3.90. The van der Waals surface area contributed by atoms with E-state index in [0.717, 1.165) is 5.56 Å². The normalized spacial score (nSPS) is 12.3. The average Bonchev–Trinajstić information content (AvgIpc) is 2.99. The molecule has 0 spiro atoms. The van der Waals surface area contributed by atoms with E-state index in [9.17, 15) is 8.60 Å². The maximum atomic E-state index is 13.6. The highest BCUT2D eigenvalue weighted by Gasteiger charge is 2.13. The Labute approximate surface area is 135 Å². The van der Waals surface area contributed by atoms with Crippen LogP contribution in [0.5, 0.6) is 0 Å². The molecule has 0 bridgehead atoms. The molecule has 3 rings (SSSR count). The summed E-state index contributed by atoms with van der Waals surface area (Å²) in [6.45, 7) is 1.69. The van der Waals surface area contributed by atoms with Gasteiger partial charge in [-0.2, -0.15) is 4.98 Å². The summed E-state index contributed by atoms with van der Waals surface area (Å²) < 4.78 is 30.9. The Bertz CT molecular complexity index is 834. The van der Waals surface area contributed by atoms with Crippen molar-refractivity contribution in [2.24, 2.45) is 0 Å². The van der Waals surface area contributed by atoms with Gasteiger partial charge in [0.25, 0.3) is 0 Å². The van der Waals surface area contributed by atoms with Crippen molar-refractivity contribution in [2.75, 3.05) is 0 Å². The molecule has 3 aromatic rings. The molecule has 1 aromatic heterocycles. The van der Waals surface area contributed by atoms with Gasteiger partial charge in [0.15, 0.2) is 0 Å². The molecule has 4 nitrogen and oxygen atoms in total. The van der Waals surface area contributed by atoms with Crippen molar-refractivity contribution in [3.8, 4) is 11.4 Å². The van der Waals surface area contributed by atoms with Gasteiger partial charge < -0.3 is 4.52 Å². The molecule has 0 amide bonds. The van der Waals surface area contributed by atoms with Crippen molar-refractivity contribution < 1.29 is 13.1 Å². The fraction of sp³-hybridized carbons (Fsp3) is 0.176. The zero-order valence-electron chi connectivity index (χ0n) is 12.5. The largest absolute Gasteiger partial charge is 0.338 e. The van der Waals surface area contributed by atoms with Crippen molar-refractivity contribution in [1.82, 2.24) is 10.1 Å². The minimum absolute atomic E-state index is 0.177. The minimum atomic E-state index is -1.14. The van der Waals surface area contributed by atoms with Gasteiger partial charge in [-0.1, -0.05) is 47.6 Å². The number of aryl methyl sites for hydroxylation is 1. The molecule has 0 aliphatic rings. The Balaban J connectivity index is 1.69. The van der Waals surface area contributed by atoms with Crippen LogP contribution in [0.2, 0.25) is 0 Å². The van der Waals surface area contributed by atoms with Crippen LogP contribution in [0.4, 0.5) is 4.39 Å². The second-order valence-electron chi connectivity index (χ2n) is 5.19. The summed E-state index contributed by atoms with van der Waals surface area (Å²) in [5.41, 5.74) is 2.09. The van der Waals surface area contributed by atoms with Crippen LogP contribution < -0.4 is 0 Å². The standard InChI is InChI=1S/C17H15FN2O2S/c1-12-7-8-14(9-15(12)18)17-19-16(22-20-17)11-23(21)10-13-5-3-2-4-6-13/h2-9H,10-11H2,1H3. The van der Waals surface area contributed by atoms with E-state index < -0.39 is 10.8 Å². The van der Waals surface area contributed by atoms with Crippen molar-refractivity contribution in [1.29, 1.82) is 0 Å². The van der Waals surface area contributed by atoms with E-state index in [0.29, 0.717) is 22.7 Å². The molecule has 0 aliphatic heterocycles. The van der Waals surface area contributed by atoms with E-state index in [2.05, 4.69) is 10.1 Å². The van der Waals surface area contributed by atoms with Crippen LogP contribution in [0.3, 0.4) is 0 Å². The number of hydrogen-bond acceptors (Lipinski definition) is 4. The van der Waals surface area contributed by atoms with E-state index in [1.54, 1.807) is 19.1 Å². The molecule has 6 heteroatoms. The monoisotopic (exact) mass is 330 g/mol. The Kier molecular flexibility index (Phi) is 4.62. The van der Waals surface area contributed by atoms with E-state index in [-0.39, 0.29) is 17.5 Å². The highest BCUT2D eigenvalue weighted by atomic mass is 32.2. The number of rotatable bonds is 5. The molecule has 0 saturated carbocycles. The first-order valence-electron chi connectivity index (χ1n) is 7.10. The first kappa shape index (κ1) is 15.6. The second-order valence-corrected chi connectivity index (χ2v) is 6.65. The predicted octanol–water partition coefficient (Wildman–Crippen LogP) is 3.63. The van der Waals surface area contributed by atoms with Crippen molar-refractivity contribution in [3.63, 3.8) is 0 Å². The molecule has 2 aromatic carbocycles. The summed E-state index contributed by atoms with van der Waals surface area (Å²) in [7, 11) is -1.14. The molecule has 0 N–H and O–H groups in total. The summed E-state index contributed by atoms with van der Waals surface area (Å²) in [5, 5.41) is 3.83. The molecule has 1 atom stereocenters. The van der Waals surface area contributed by atoms with Crippen LogP contribution >= 0.6 is 0 Å². The van der Waals surface area contributed by atoms with Crippen LogP contribution in [0.1, 0.15) is 17.0 Å². The van der Waals surface area contributed by atoms with Gasteiger partial charge in [-0.3, -0.25) is 4.21 Å². The lowest BCUT2D eigenvalue weighted by Crippen LogP contribution is -1.99. The molecule has 0 aliphatic carbocycles. The zero-order chi connectivity index (χ0) is 16.2. The summed E-state index contributed by atoms with van der Waals surface area (Å²) in [5.74, 6) is 0.876. The maximum absolute atomic E-state index is 13.6. The quantitative estimate of drug-likeness (QED) is 0.717. The van der Waals surface area contributed by atoms with Gasteiger partial charge in [-0.25, -0.2) is 4.39 Å². The van der Waals surface area contributed by atoms with E-state index in [1.165, 1.54) is 6.07 Å². The van der Waals surface area contributed by atoms with Gasteiger partial charge in [0.2, 0.25) is 11.7 Å². The third-order valence-corrected chi connectivity index (χ3v) is 4.58. The molecule has 23 heavy (non-hydrogen) atoms. The van der Waals surface area contributed by atoms with Crippen molar-refractivity contribution in [2.45, 2.75) is 18.4 Å². The number of benzene rings is 2. The third-order valence-electron chi connectivity index (χ3n) is 3.35. The zero-order valence-corrected chi connectivity index (χ0v) is 13.3. The van der Waals surface area contributed by atoms with Crippen molar-refractivity contribution >= 4 is 10.8 Å². The lowest BCUT2D eigenvalue weighted by atomic mass is 10.1. The van der Waals surface area contributed by atoms with Gasteiger partial charge in [0.05, 0.1) is 0 Å². The maximum Gasteiger partial charge on any atom is 0.239 e. The lowest BCUT2D eigenvalue weighted by Gasteiger charge is -1.99. The van der Waals surface area contributed by atoms with E-state index in [4.69, 9.17) is 4.52 Å². The Morgan fingerprint density at radius 3 is 2.65 bits per heavy atom. The van der Waals surface area contributed by atoms with Crippen LogP contribution in [-0.4, -0.2) is 14.3 Å². The number of hydrogen-bond donors (Lipinski definition) is 0. The van der Waals surface area contributed by atoms with Gasteiger partial charge in [0, 0.05) is 22.1 Å². The average molecular weight is 330 g/mol. The molecular weight excluding hydrogens is 315 g/mol. The summed E-state index contributed by atoms with van der Waals surface area (Å²) in [6.07, 6.45) is 0. The minimum Gasteiger partial charge on any atom is -0.338 e. The van der Waals surface area contributed by atoms with Gasteiger partial charge in [-0.05, 0) is 24.1 Å². The number of nitrogens with zero attached hydrogens (tertiary/aromatic N) is 2. The van der Waals surface area contributed by atoms with Crippen molar-refractivity contribution in [3.05, 3.63) is 71.4 Å². The summed E-state index contributed by atoms with van der Waals surface area (Å²) in [4.78, 5) is 4.20. The molecule has 1 unspecified atom stereocenters. The first-order valence-corrected chi connectivity index (χ1v) is 8.58. The second kappa shape index (κ2) is 6.83. The molecule has 118 valence electrons. The number of halogens is 1. The molecule has 0 fully saturated rings. The topological polar surface area (TPSA) is 56.0 Å². The first-order chi connectivity index (χ1) is 11.1. The SMILES string of the molecule is Cc1ccc(-c2noc(CS(=O)Cc3ccccc3)n2)cc1F. The Morgan fingerprint density at radius 1 is 1.13 bits per heavy atom. The fourth-order valence-corrected chi connectivity index (χ4v) is 3.17. The van der Waals surface area contributed by atoms with Crippen LogP contribution in [0.25, 0.3) is 11.4 Å². The molecular formula is C17H15FN2O2S. The number of aromatic nitrogens is 2. The molecule has 1 heterocycles. The predicted molar refractivity (Wildman–Crippen MR) is 86.4 cm³/mol. The van der Waals surface area contributed by atoms with Crippen LogP contribution in [0.15, 0.2) is 53.1 Å². The fourth-order valence-electron chi connectivity index (χ4n) is 2.11. The Hall–Kier alpha value is -2.34. The lowest BCUT2D eigenvalue weighted by molar-refractivity contribution is 0.390. The Morgan fingerprint density at radius 2 is 1.91 bits per heavy atom. The smallest absolute Gasteiger partial charge is 0.239 e. The van der Waals surface area contributed by atoms with Crippen LogP contribution in [-0.2, 0) is 22.3 Å². The highest BCUT2D eigenvalue weighted by molar-refractivity contribution is 7.83. The molecule has 0 saturated heterocycles. The van der Waals surface area contributed by atoms with Gasteiger partial charge in [-0.15, -0.1) is 0 Å². The van der Waals surface area contributed by atoms with E-state index in [1.807, 2.05) is 30.3 Å².